The van der Waals surface area contributed by atoms with Crippen LogP contribution in [0.5, 0.6) is 0 Å². The van der Waals surface area contributed by atoms with Gasteiger partial charge in [-0.3, -0.25) is 33.6 Å². The topological polar surface area (TPSA) is 463 Å². The van der Waals surface area contributed by atoms with Gasteiger partial charge in [0, 0.05) is 0 Å². The Morgan fingerprint density at radius 3 is 0.808 bits per heavy atom. The quantitative estimate of drug-likeness (QED) is 0.0215. The summed E-state index contributed by atoms with van der Waals surface area (Å²) in [6.45, 7) is 5.82. The lowest BCUT2D eigenvalue weighted by molar-refractivity contribution is -0.174. The summed E-state index contributed by atoms with van der Waals surface area (Å²) in [6.07, 6.45) is -7.02. The number of hydrogen-bond donors (Lipinski definition) is 6. The minimum atomic E-state index is -0.983. The van der Waals surface area contributed by atoms with Crippen molar-refractivity contribution in [3.05, 3.63) is 0 Å². The molecule has 1 heterocycles. The van der Waals surface area contributed by atoms with E-state index in [0.29, 0.717) is 0 Å². The lowest BCUT2D eigenvalue weighted by Gasteiger charge is -2.13. The summed E-state index contributed by atoms with van der Waals surface area (Å²) < 4.78 is 60.0. The summed E-state index contributed by atoms with van der Waals surface area (Å²) in [4.78, 5) is 143. The van der Waals surface area contributed by atoms with E-state index in [4.69, 9.17) is 59.1 Å². The zero-order chi connectivity index (χ0) is 60.2. The van der Waals surface area contributed by atoms with Crippen molar-refractivity contribution in [1.29, 1.82) is 0 Å². The van der Waals surface area contributed by atoms with Crippen molar-refractivity contribution in [2.24, 2.45) is 0 Å². The number of rotatable bonds is 32. The van der Waals surface area contributed by atoms with E-state index < -0.39 is 147 Å². The molecule has 32 nitrogen and oxygen atoms in total. The van der Waals surface area contributed by atoms with Gasteiger partial charge in [-0.15, -0.1) is 0 Å². The molecule has 6 N–H and O–H groups in total. The van der Waals surface area contributed by atoms with Gasteiger partial charge in [0.05, 0.1) is 75.5 Å². The Bertz CT molecular complexity index is 1800. The van der Waals surface area contributed by atoms with Gasteiger partial charge in [-0.1, -0.05) is 0 Å². The fourth-order valence-corrected chi connectivity index (χ4v) is 4.49. The predicted molar refractivity (Wildman–Crippen MR) is 249 cm³/mol. The average Bonchev–Trinajstić information content (AvgIpc) is 3.31. The molecule has 448 valence electrons. The second-order valence-corrected chi connectivity index (χ2v) is 16.1. The van der Waals surface area contributed by atoms with Gasteiger partial charge in [0.15, 0.2) is 33.0 Å². The molecule has 1 aliphatic rings. The maximum absolute atomic E-state index is 11.6. The molecule has 0 unspecified atom stereocenters. The normalized spacial score (nSPS) is 13.9. The van der Waals surface area contributed by atoms with Crippen molar-refractivity contribution in [3.8, 4) is 0 Å². The van der Waals surface area contributed by atoms with Crippen LogP contribution in [0.3, 0.4) is 0 Å². The third-order valence-corrected chi connectivity index (χ3v) is 7.60. The first-order valence-corrected chi connectivity index (χ1v) is 23.6. The summed E-state index contributed by atoms with van der Waals surface area (Å²) in [6, 6.07) is 0. The maximum Gasteiger partial charge on any atom is 0.344 e. The molecule has 1 saturated heterocycles. The van der Waals surface area contributed by atoms with E-state index in [1.54, 1.807) is 0 Å². The van der Waals surface area contributed by atoms with Gasteiger partial charge < -0.3 is 92.2 Å². The molecule has 0 spiro atoms. The largest absolute Gasteiger partial charge is 0.462 e. The van der Waals surface area contributed by atoms with Crippen LogP contribution in [-0.2, 0) is 124 Å². The van der Waals surface area contributed by atoms with E-state index in [1.807, 2.05) is 0 Å². The molecule has 1 aliphatic heterocycles. The Morgan fingerprint density at radius 1 is 0.346 bits per heavy atom. The van der Waals surface area contributed by atoms with E-state index in [1.165, 1.54) is 48.5 Å². The second kappa shape index (κ2) is 46.0. The van der Waals surface area contributed by atoms with Gasteiger partial charge in [-0.2, -0.15) is 0 Å². The Labute approximate surface area is 447 Å². The SMILES string of the molecule is C[C@@H](O)CC(=O)OCCOC(=O)C[C@@H](C)O.C[C@H](CC(=O)OCCOC(=O)C[C@@H](C)O)OC(=O)COC(=O)CO.C[C@H](CC(=O)OCCOC(=O)C[C@@H](C)O)OC(=O)COC(=O)COC(=O)C[C@@H](C)O.O=C1COC(=O)CO1. The number of carbonyl (C=O) groups is 13. The molecule has 0 aromatic carbocycles. The Kier molecular flexibility index (Phi) is 44.3. The summed E-state index contributed by atoms with van der Waals surface area (Å²) in [5, 5.41) is 53.0. The summed E-state index contributed by atoms with van der Waals surface area (Å²) in [5.41, 5.74) is 0. The number of ether oxygens (including phenoxy) is 13. The highest BCUT2D eigenvalue weighted by atomic mass is 16.6. The van der Waals surface area contributed by atoms with Crippen molar-refractivity contribution in [2.75, 3.05) is 79.3 Å². The molecule has 78 heavy (non-hydrogen) atoms. The number of carbonyl (C=O) groups excluding carboxylic acids is 13. The molecule has 0 amide bonds. The first-order valence-electron chi connectivity index (χ1n) is 23.6. The second-order valence-electron chi connectivity index (χ2n) is 16.1. The fourth-order valence-electron chi connectivity index (χ4n) is 4.49. The van der Waals surface area contributed by atoms with Crippen LogP contribution >= 0.6 is 0 Å². The van der Waals surface area contributed by atoms with Gasteiger partial charge in [0.2, 0.25) is 0 Å². The standard InChI is InChI=1S/C18H28O12.C14H22O10.C10H18O6.C4H4O4/c1-11(19)6-14(21)26-4-5-27-16(23)8-13(3)30-18(25)10-29-17(24)9-28-15(22)7-12(2)20;1-9(16)5-11(17)21-3-4-22-12(18)6-10(2)24-14(20)8-23-13(19)7-15;1-7(11)5-9(13)15-3-4-16-10(14)6-8(2)12;5-3-1-7-4(6)2-8-3/h11-13,19-20H,4-10H2,1-3H3;9-10,15-16H,3-8H2,1-2H3;7-8,11-12H,3-6H2,1-2H3;1-2H2/t11-,12-,13-;9-,10-;7-,8-;/m111./s1. The first-order chi connectivity index (χ1) is 36.4. The molecule has 1 fully saturated rings. The lowest BCUT2D eigenvalue weighted by Crippen LogP contribution is -2.27. The molecule has 0 aromatic rings. The first kappa shape index (κ1) is 75.1. The zero-order valence-electron chi connectivity index (χ0n) is 44.3. The van der Waals surface area contributed by atoms with Crippen molar-refractivity contribution in [3.63, 3.8) is 0 Å². The van der Waals surface area contributed by atoms with E-state index in [2.05, 4.69) is 33.2 Å². The molecule has 7 atom stereocenters. The number of cyclic esters (lactones) is 2. The van der Waals surface area contributed by atoms with E-state index in [9.17, 15) is 62.3 Å². The van der Waals surface area contributed by atoms with Crippen LogP contribution in [0.1, 0.15) is 93.4 Å². The highest BCUT2D eigenvalue weighted by Crippen LogP contribution is 2.04. The molecule has 0 aromatic heterocycles. The molecule has 0 radical (unpaired) electrons. The van der Waals surface area contributed by atoms with Gasteiger partial charge in [-0.25, -0.2) is 28.8 Å². The molecule has 1 rings (SSSR count). The van der Waals surface area contributed by atoms with Gasteiger partial charge in [0.1, 0.15) is 58.5 Å². The van der Waals surface area contributed by atoms with E-state index in [0.717, 1.165) is 0 Å². The van der Waals surface area contributed by atoms with Gasteiger partial charge in [-0.05, 0) is 48.5 Å². The summed E-state index contributed by atoms with van der Waals surface area (Å²) in [7, 11) is 0. The molecule has 0 aliphatic carbocycles. The van der Waals surface area contributed by atoms with Crippen LogP contribution in [-0.4, -0.2) is 230 Å². The smallest absolute Gasteiger partial charge is 0.344 e. The Balaban J connectivity index is -0.00000104. The third kappa shape index (κ3) is 53.7. The summed E-state index contributed by atoms with van der Waals surface area (Å²) >= 11 is 0. The Hall–Kier alpha value is -7.13. The third-order valence-electron chi connectivity index (χ3n) is 7.60. The number of esters is 13. The monoisotopic (exact) mass is 1140 g/mol. The summed E-state index contributed by atoms with van der Waals surface area (Å²) in [5.74, 6) is -9.20. The van der Waals surface area contributed by atoms with Crippen LogP contribution in [0, 0.1) is 0 Å². The highest BCUT2D eigenvalue weighted by molar-refractivity contribution is 5.83. The van der Waals surface area contributed by atoms with Crippen molar-refractivity contribution < 1.29 is 155 Å². The Morgan fingerprint density at radius 2 is 0.564 bits per heavy atom. The van der Waals surface area contributed by atoms with Crippen molar-refractivity contribution in [2.45, 2.75) is 136 Å². The maximum atomic E-state index is 11.6. The minimum absolute atomic E-state index is 0.0445. The van der Waals surface area contributed by atoms with Crippen LogP contribution in [0.15, 0.2) is 0 Å². The lowest BCUT2D eigenvalue weighted by atomic mass is 10.3. The van der Waals surface area contributed by atoms with Crippen molar-refractivity contribution >= 4 is 77.6 Å². The van der Waals surface area contributed by atoms with E-state index in [-0.39, 0.29) is 97.8 Å². The molecular weight excluding hydrogens is 1060 g/mol. The zero-order valence-corrected chi connectivity index (χ0v) is 44.3. The van der Waals surface area contributed by atoms with E-state index >= 15 is 0 Å². The number of hydrogen-bond acceptors (Lipinski definition) is 32. The number of aliphatic hydroxyl groups is 6. The van der Waals surface area contributed by atoms with Crippen LogP contribution in [0.4, 0.5) is 0 Å². The molecular formula is C46H72O32. The minimum Gasteiger partial charge on any atom is -0.462 e. The van der Waals surface area contributed by atoms with Gasteiger partial charge >= 0.3 is 77.6 Å². The highest BCUT2D eigenvalue weighted by Gasteiger charge is 2.20. The fraction of sp³-hybridized carbons (Fsp3) is 0.717. The van der Waals surface area contributed by atoms with Crippen molar-refractivity contribution in [1.82, 2.24) is 0 Å². The molecule has 0 saturated carbocycles. The average molecular weight is 1140 g/mol. The van der Waals surface area contributed by atoms with Crippen LogP contribution in [0.2, 0.25) is 0 Å². The number of aliphatic hydroxyl groups excluding tert-OH is 6. The van der Waals surface area contributed by atoms with Crippen LogP contribution in [0.25, 0.3) is 0 Å². The predicted octanol–water partition coefficient (Wildman–Crippen LogP) is -3.58. The van der Waals surface area contributed by atoms with Gasteiger partial charge in [0.25, 0.3) is 0 Å². The molecule has 0 bridgehead atoms. The van der Waals surface area contributed by atoms with Crippen LogP contribution < -0.4 is 0 Å². The molecule has 32 heteroatoms.